The monoisotopic (exact) mass is 1820 g/mol. The first-order valence-electron chi connectivity index (χ1n) is 37.6. The van der Waals surface area contributed by atoms with E-state index in [0.717, 1.165) is 103 Å². The Morgan fingerprint density at radius 3 is 0.570 bits per heavy atom. The van der Waals surface area contributed by atoms with Gasteiger partial charge < -0.3 is 66.2 Å². The molecule has 0 amide bonds. The lowest BCUT2D eigenvalue weighted by Crippen LogP contribution is -2.64. The minimum Gasteiger partial charge on any atom is -0.456 e. The summed E-state index contributed by atoms with van der Waals surface area (Å²) in [5, 5.41) is 0. The van der Waals surface area contributed by atoms with Crippen LogP contribution in [0.15, 0.2) is 0 Å². The van der Waals surface area contributed by atoms with Gasteiger partial charge in [0.2, 0.25) is 58.6 Å². The molecule has 0 spiro atoms. The summed E-state index contributed by atoms with van der Waals surface area (Å²) >= 11 is 0. The lowest BCUT2D eigenvalue weighted by atomic mass is 10.6. The van der Waals surface area contributed by atoms with Gasteiger partial charge in [0, 0.05) is 25.2 Å². The maximum absolute atomic E-state index is 8.31. The van der Waals surface area contributed by atoms with Gasteiger partial charge in [-0.1, -0.05) is 0 Å². The van der Waals surface area contributed by atoms with Crippen LogP contribution in [-0.4, -0.2) is 225 Å². The second kappa shape index (κ2) is 42.9. The summed E-state index contributed by atoms with van der Waals surface area (Å²) in [6.07, 6.45) is 0.921. The van der Waals surface area contributed by atoms with Gasteiger partial charge in [-0.05, 0) is 352 Å². The molecule has 0 fully saturated rings. The van der Waals surface area contributed by atoms with Gasteiger partial charge in [-0.2, -0.15) is 0 Å². The summed E-state index contributed by atoms with van der Waals surface area (Å²) in [5.41, 5.74) is 0. The summed E-state index contributed by atoms with van der Waals surface area (Å²) in [6, 6.07) is 16.8. The number of hydrogen-bond acceptors (Lipinski definition) is 16. The van der Waals surface area contributed by atoms with E-state index in [1.165, 1.54) is 0 Å². The first-order chi connectivity index (χ1) is 44.3. The van der Waals surface area contributed by atoms with Crippen molar-refractivity contribution in [2.45, 2.75) is 371 Å². The Morgan fingerprint density at radius 1 is 0.170 bits per heavy atom. The molecule has 0 aliphatic rings. The maximum Gasteiger partial charge on any atom is 0.469 e. The predicted octanol–water partition coefficient (Wildman–Crippen LogP) is 21.0. The molecular formula is C59H158O16Si25. The fourth-order valence-corrected chi connectivity index (χ4v) is 92.5. The normalized spacial score (nSPS) is 15.2. The molecule has 0 bridgehead atoms. The van der Waals surface area contributed by atoms with Crippen LogP contribution >= 0.6 is 0 Å². The van der Waals surface area contributed by atoms with E-state index in [1.54, 1.807) is 0 Å². The molecule has 41 heteroatoms. The van der Waals surface area contributed by atoms with Crippen molar-refractivity contribution in [2.75, 3.05) is 7.11 Å². The molecule has 0 aliphatic carbocycles. The fourth-order valence-electron chi connectivity index (χ4n) is 10.4. The first kappa shape index (κ1) is 105. The molecule has 0 aromatic carbocycles. The van der Waals surface area contributed by atoms with E-state index in [4.69, 9.17) is 66.2 Å². The molecule has 0 unspecified atom stereocenters. The highest BCUT2D eigenvalue weighted by Crippen LogP contribution is 2.42. The lowest BCUT2D eigenvalue weighted by Gasteiger charge is -2.48. The smallest absolute Gasteiger partial charge is 0.456 e. The highest BCUT2D eigenvalue weighted by molar-refractivity contribution is 6.95. The zero-order valence-electron chi connectivity index (χ0n) is 72.5. The van der Waals surface area contributed by atoms with Crippen LogP contribution in [-0.2, 0) is 66.2 Å². The van der Waals surface area contributed by atoms with Gasteiger partial charge in [0.25, 0.3) is 0 Å². The third kappa shape index (κ3) is 56.1. The van der Waals surface area contributed by atoms with Crippen molar-refractivity contribution in [2.24, 2.45) is 0 Å². The van der Waals surface area contributed by atoms with Gasteiger partial charge in [-0.25, -0.2) is 0 Å². The van der Waals surface area contributed by atoms with Gasteiger partial charge in [-0.3, -0.25) is 0 Å². The zero-order chi connectivity index (χ0) is 78.5. The highest BCUT2D eigenvalue weighted by atomic mass is 28.5. The van der Waals surface area contributed by atoms with Crippen LogP contribution in [0.2, 0.25) is 364 Å². The molecule has 12 radical (unpaired) electrons. The van der Waals surface area contributed by atoms with Crippen molar-refractivity contribution < 1.29 is 66.2 Å². The van der Waals surface area contributed by atoms with E-state index in [0.29, 0.717) is 70.7 Å². The van der Waals surface area contributed by atoms with Crippen LogP contribution < -0.4 is 0 Å². The van der Waals surface area contributed by atoms with Crippen molar-refractivity contribution in [1.82, 2.24) is 0 Å². The average Bonchev–Trinajstić information content (AvgIpc) is 0.785. The van der Waals surface area contributed by atoms with E-state index in [1.807, 2.05) is 7.11 Å². The standard InChI is InChI=1S/C59H158O16Si25/c1-60-89(23,24)48-41-49-98(70-92(29,30)54-46-80-65-90(25,26)50-42-76-61-82(2,3)4,71-93(31,32)55-47-81-66-91(27,28)51-43-77-62-83(5,6)7)74-96(37,38)57-59-100(72-94(33,34)52-44-78-63-84(8,9)10,73-95(35,36)53-45-79-64-85(11,12)13)75-97(39,40)56-58-99(67-86(14,15)16,68-87(17,18)19)69-88(20,21)22/h41-59H2,1-40H3. The van der Waals surface area contributed by atoms with Crippen molar-refractivity contribution in [3.8, 4) is 0 Å². The zero-order valence-corrected chi connectivity index (χ0v) is 97.5. The molecule has 0 aliphatic heterocycles. The van der Waals surface area contributed by atoms with Crippen LogP contribution in [0.5, 0.6) is 0 Å². The third-order valence-electron chi connectivity index (χ3n) is 15.0. The summed E-state index contributed by atoms with van der Waals surface area (Å²) in [4.78, 5) is 0. The molecule has 100 heavy (non-hydrogen) atoms. The lowest BCUT2D eigenvalue weighted by molar-refractivity contribution is 0.237. The van der Waals surface area contributed by atoms with Crippen LogP contribution in [0.4, 0.5) is 0 Å². The molecule has 16 nitrogen and oxygen atoms in total. The van der Waals surface area contributed by atoms with E-state index >= 15 is 0 Å². The molecule has 0 heterocycles. The van der Waals surface area contributed by atoms with Crippen LogP contribution in [0.3, 0.4) is 0 Å². The van der Waals surface area contributed by atoms with E-state index in [2.05, 4.69) is 255 Å². The maximum atomic E-state index is 8.31. The number of hydrogen-bond donors (Lipinski definition) is 0. The largest absolute Gasteiger partial charge is 0.469 e. The topological polar surface area (TPSA) is 148 Å². The van der Waals surface area contributed by atoms with Gasteiger partial charge in [-0.15, -0.1) is 0 Å². The molecular weight excluding hydrogens is 1670 g/mol. The van der Waals surface area contributed by atoms with Crippen LogP contribution in [0, 0.1) is 0 Å². The Balaban J connectivity index is 8.59. The highest BCUT2D eigenvalue weighted by Gasteiger charge is 2.58. The van der Waals surface area contributed by atoms with Crippen molar-refractivity contribution >= 4 is 218 Å². The summed E-state index contributed by atoms with van der Waals surface area (Å²) in [5.74, 6) is 0. The Labute approximate surface area is 655 Å². The molecule has 0 saturated carbocycles. The van der Waals surface area contributed by atoms with Crippen molar-refractivity contribution in [3.63, 3.8) is 0 Å². The summed E-state index contributed by atoms with van der Waals surface area (Å²) in [6.45, 7) is 91.3. The second-order valence-electron chi connectivity index (χ2n) is 40.1. The Kier molecular flexibility index (Phi) is 45.0. The second-order valence-corrected chi connectivity index (χ2v) is 129. The van der Waals surface area contributed by atoms with Gasteiger partial charge >= 0.3 is 26.4 Å². The molecule has 0 aromatic heterocycles. The molecule has 0 aromatic rings. The van der Waals surface area contributed by atoms with Crippen LogP contribution in [0.1, 0.15) is 6.42 Å². The molecule has 0 N–H and O–H groups in total. The molecule has 0 atom stereocenters. The molecule has 0 saturated heterocycles. The summed E-state index contributed by atoms with van der Waals surface area (Å²) < 4.78 is 117. The number of rotatable bonds is 59. The predicted molar refractivity (Wildman–Crippen MR) is 487 cm³/mol. The van der Waals surface area contributed by atoms with E-state index in [9.17, 15) is 0 Å². The quantitative estimate of drug-likeness (QED) is 0.0420. The van der Waals surface area contributed by atoms with Crippen molar-refractivity contribution in [3.05, 3.63) is 0 Å². The first-order valence-corrected chi connectivity index (χ1v) is 102. The van der Waals surface area contributed by atoms with Crippen molar-refractivity contribution in [1.29, 1.82) is 0 Å². The summed E-state index contributed by atoms with van der Waals surface area (Å²) in [7, 11) is -40.2. The van der Waals surface area contributed by atoms with Gasteiger partial charge in [0.1, 0.15) is 0 Å². The SMILES string of the molecule is CO[Si](C)(C)CCC[Si](O[Si](C)(C)CC[Si]O[Si](C)(C)CC[Si]O[Si](C)(C)C)(O[Si](C)(C)CC[Si]O[Si](C)(C)CC[Si]O[Si](C)(C)C)O[Si](C)(C)CC[Si](O[Si](C)(C)CC[Si]O[Si](C)(C)C)(O[Si](C)(C)CC[Si]O[Si](C)(C)C)O[Si](C)(C)CC[Si](O[Si](C)(C)C)(O[Si](C)(C)C)O[Si](C)(C)C. The minimum atomic E-state index is -3.67. The Bertz CT molecular complexity index is 2150. The molecule has 0 rings (SSSR count). The Morgan fingerprint density at radius 2 is 0.360 bits per heavy atom. The van der Waals surface area contributed by atoms with Gasteiger partial charge in [0.05, 0.1) is 0 Å². The molecule has 590 valence electrons. The average molecular weight is 1830 g/mol. The third-order valence-corrected chi connectivity index (χ3v) is 88.2. The Hall–Kier alpha value is 4.78. The van der Waals surface area contributed by atoms with Gasteiger partial charge in [0.15, 0.2) is 133 Å². The van der Waals surface area contributed by atoms with Crippen LogP contribution in [0.25, 0.3) is 0 Å². The van der Waals surface area contributed by atoms with E-state index in [-0.39, 0.29) is 0 Å². The minimum absolute atomic E-state index is 0.431. The fraction of sp³-hybridized carbons (Fsp3) is 1.00. The van der Waals surface area contributed by atoms with E-state index < -0.39 is 159 Å².